The Morgan fingerprint density at radius 3 is 2.67 bits per heavy atom. The molecule has 0 aliphatic rings. The molecule has 126 valence electrons. The number of benzene rings is 1. The number of anilines is 1. The average Bonchev–Trinajstić information content (AvgIpc) is 2.97. The van der Waals surface area contributed by atoms with Gasteiger partial charge in [0, 0.05) is 5.69 Å². The van der Waals surface area contributed by atoms with Crippen molar-refractivity contribution in [3.8, 4) is 0 Å². The lowest BCUT2D eigenvalue weighted by atomic mass is 10.3. The van der Waals surface area contributed by atoms with Gasteiger partial charge in [-0.1, -0.05) is 6.07 Å². The molecule has 2 aromatic rings. The van der Waals surface area contributed by atoms with E-state index in [-0.39, 0.29) is 11.4 Å². The van der Waals surface area contributed by atoms with Gasteiger partial charge in [0.25, 0.3) is 11.8 Å². The van der Waals surface area contributed by atoms with Crippen molar-refractivity contribution in [3.05, 3.63) is 52.6 Å². The van der Waals surface area contributed by atoms with Crippen molar-refractivity contribution in [2.45, 2.75) is 0 Å². The predicted molar refractivity (Wildman–Crippen MR) is 84.7 cm³/mol. The first-order chi connectivity index (χ1) is 11.4. The molecule has 9 heteroatoms. The van der Waals surface area contributed by atoms with E-state index in [9.17, 15) is 18.8 Å². The van der Waals surface area contributed by atoms with E-state index in [4.69, 9.17) is 9.15 Å². The molecule has 0 aliphatic carbocycles. The van der Waals surface area contributed by atoms with Crippen LogP contribution >= 0.6 is 15.9 Å². The second kappa shape index (κ2) is 8.25. The molecule has 1 aromatic heterocycles. The van der Waals surface area contributed by atoms with Crippen LogP contribution in [0.15, 0.2) is 45.5 Å². The average molecular weight is 399 g/mol. The molecule has 1 heterocycles. The Balaban J connectivity index is 1.71. The summed E-state index contributed by atoms with van der Waals surface area (Å²) in [6.07, 6.45) is 0. The van der Waals surface area contributed by atoms with E-state index >= 15 is 0 Å². The molecule has 0 saturated carbocycles. The van der Waals surface area contributed by atoms with Crippen molar-refractivity contribution in [2.75, 3.05) is 18.5 Å². The predicted octanol–water partition coefficient (Wildman–Crippen LogP) is 2.09. The van der Waals surface area contributed by atoms with Crippen LogP contribution in [0.1, 0.15) is 10.6 Å². The highest BCUT2D eigenvalue weighted by molar-refractivity contribution is 9.10. The highest BCUT2D eigenvalue weighted by Crippen LogP contribution is 2.13. The van der Waals surface area contributed by atoms with Gasteiger partial charge in [-0.25, -0.2) is 4.39 Å². The minimum Gasteiger partial charge on any atom is -0.454 e. The Kier molecular flexibility index (Phi) is 6.07. The molecule has 7 nitrogen and oxygen atoms in total. The summed E-state index contributed by atoms with van der Waals surface area (Å²) in [5.41, 5.74) is 0.243. The number of rotatable bonds is 6. The van der Waals surface area contributed by atoms with E-state index in [1.807, 2.05) is 0 Å². The van der Waals surface area contributed by atoms with Crippen molar-refractivity contribution in [2.24, 2.45) is 0 Å². The summed E-state index contributed by atoms with van der Waals surface area (Å²) in [7, 11) is 0. The first-order valence-corrected chi connectivity index (χ1v) is 7.48. The number of furan rings is 1. The maximum Gasteiger partial charge on any atom is 0.325 e. The van der Waals surface area contributed by atoms with E-state index in [1.54, 1.807) is 0 Å². The monoisotopic (exact) mass is 398 g/mol. The normalized spacial score (nSPS) is 10.1. The zero-order valence-corrected chi connectivity index (χ0v) is 13.8. The molecule has 1 aromatic carbocycles. The molecule has 2 rings (SSSR count). The third kappa shape index (κ3) is 5.51. The van der Waals surface area contributed by atoms with Crippen molar-refractivity contribution >= 4 is 39.4 Å². The van der Waals surface area contributed by atoms with Gasteiger partial charge in [0.2, 0.25) is 0 Å². The van der Waals surface area contributed by atoms with Gasteiger partial charge < -0.3 is 19.8 Å². The van der Waals surface area contributed by atoms with Gasteiger partial charge in [0.05, 0.1) is 0 Å². The lowest BCUT2D eigenvalue weighted by Crippen LogP contribution is -2.32. The van der Waals surface area contributed by atoms with Crippen LogP contribution in [-0.2, 0) is 14.3 Å². The highest BCUT2D eigenvalue weighted by atomic mass is 79.9. The summed E-state index contributed by atoms with van der Waals surface area (Å²) in [5, 5.41) is 4.65. The molecule has 0 spiro atoms. The third-order valence-corrected chi connectivity index (χ3v) is 3.09. The summed E-state index contributed by atoms with van der Waals surface area (Å²) in [6, 6.07) is 8.24. The molecule has 2 amide bonds. The number of esters is 1. The molecule has 0 radical (unpaired) electrons. The minimum atomic E-state index is -0.802. The fourth-order valence-corrected chi connectivity index (χ4v) is 1.94. The number of nitrogens with one attached hydrogen (secondary N) is 2. The van der Waals surface area contributed by atoms with Gasteiger partial charge in [0.15, 0.2) is 17.0 Å². The van der Waals surface area contributed by atoms with Crippen LogP contribution in [0.4, 0.5) is 10.1 Å². The molecule has 0 atom stereocenters. The van der Waals surface area contributed by atoms with Crippen molar-refractivity contribution in [3.63, 3.8) is 0 Å². The topological polar surface area (TPSA) is 97.6 Å². The molecular formula is C15H12BrFN2O5. The fraction of sp³-hybridized carbons (Fsp3) is 0.133. The Morgan fingerprint density at radius 2 is 2.00 bits per heavy atom. The third-order valence-electron chi connectivity index (χ3n) is 2.66. The lowest BCUT2D eigenvalue weighted by Gasteiger charge is -2.07. The van der Waals surface area contributed by atoms with Gasteiger partial charge in [-0.15, -0.1) is 0 Å². The summed E-state index contributed by atoms with van der Waals surface area (Å²) in [5.74, 6) is -2.50. The molecule has 0 fully saturated rings. The number of amides is 2. The van der Waals surface area contributed by atoms with E-state index in [0.29, 0.717) is 4.67 Å². The van der Waals surface area contributed by atoms with Crippen LogP contribution in [0.2, 0.25) is 0 Å². The Labute approximate surface area is 144 Å². The zero-order chi connectivity index (χ0) is 17.5. The number of hydrogen-bond donors (Lipinski definition) is 2. The van der Waals surface area contributed by atoms with E-state index in [1.165, 1.54) is 30.3 Å². The van der Waals surface area contributed by atoms with Crippen LogP contribution in [0.3, 0.4) is 0 Å². The van der Waals surface area contributed by atoms with Gasteiger partial charge in [-0.05, 0) is 46.3 Å². The summed E-state index contributed by atoms with van der Waals surface area (Å²) in [6.45, 7) is -0.984. The second-order valence-corrected chi connectivity index (χ2v) is 5.29. The fourth-order valence-electron chi connectivity index (χ4n) is 1.64. The molecule has 24 heavy (non-hydrogen) atoms. The lowest BCUT2D eigenvalue weighted by molar-refractivity contribution is -0.146. The Hall–Kier alpha value is -2.68. The zero-order valence-electron chi connectivity index (χ0n) is 12.2. The number of hydrogen-bond acceptors (Lipinski definition) is 5. The first kappa shape index (κ1) is 17.7. The molecular weight excluding hydrogens is 387 g/mol. The molecule has 2 N–H and O–H groups in total. The highest BCUT2D eigenvalue weighted by Gasteiger charge is 2.13. The summed E-state index contributed by atoms with van der Waals surface area (Å²) in [4.78, 5) is 34.7. The van der Waals surface area contributed by atoms with Crippen molar-refractivity contribution < 1.29 is 27.9 Å². The Bertz CT molecular complexity index is 762. The number of carbonyl (C=O) groups excluding carboxylic acids is 3. The van der Waals surface area contributed by atoms with Crippen LogP contribution < -0.4 is 10.6 Å². The van der Waals surface area contributed by atoms with Crippen molar-refractivity contribution in [1.29, 1.82) is 0 Å². The van der Waals surface area contributed by atoms with Crippen LogP contribution in [0, 0.1) is 5.82 Å². The van der Waals surface area contributed by atoms with E-state index < -0.39 is 36.8 Å². The Morgan fingerprint density at radius 1 is 1.21 bits per heavy atom. The quantitative estimate of drug-likeness (QED) is 0.726. The number of halogens is 2. The molecule has 0 bridgehead atoms. The van der Waals surface area contributed by atoms with Gasteiger partial charge in [-0.2, -0.15) is 0 Å². The molecule has 0 aliphatic heterocycles. The number of ether oxygens (including phenoxy) is 1. The summed E-state index contributed by atoms with van der Waals surface area (Å²) < 4.78 is 23.0. The number of carbonyl (C=O) groups is 3. The SMILES string of the molecule is O=C(COC(=O)CNC(=O)c1ccc(Br)o1)Nc1cccc(F)c1. The standard InChI is InChI=1S/C15H12BrFN2O5/c16-12-5-4-11(24-12)15(22)18-7-14(21)23-8-13(20)19-10-3-1-2-9(17)6-10/h1-6H,7-8H2,(H,18,22)(H,19,20). The first-order valence-electron chi connectivity index (χ1n) is 6.68. The van der Waals surface area contributed by atoms with Gasteiger partial charge >= 0.3 is 5.97 Å². The second-order valence-electron chi connectivity index (χ2n) is 4.51. The van der Waals surface area contributed by atoms with Crippen LogP contribution in [0.25, 0.3) is 0 Å². The van der Waals surface area contributed by atoms with Gasteiger partial charge in [-0.3, -0.25) is 14.4 Å². The van der Waals surface area contributed by atoms with Gasteiger partial charge in [0.1, 0.15) is 12.4 Å². The van der Waals surface area contributed by atoms with Crippen molar-refractivity contribution in [1.82, 2.24) is 5.32 Å². The van der Waals surface area contributed by atoms with E-state index in [0.717, 1.165) is 6.07 Å². The molecule has 0 saturated heterocycles. The summed E-state index contributed by atoms with van der Waals surface area (Å²) >= 11 is 3.05. The minimum absolute atomic E-state index is 0.0264. The van der Waals surface area contributed by atoms with E-state index in [2.05, 4.69) is 26.6 Å². The largest absolute Gasteiger partial charge is 0.454 e. The maximum atomic E-state index is 13.0. The smallest absolute Gasteiger partial charge is 0.325 e. The molecule has 0 unspecified atom stereocenters. The van der Waals surface area contributed by atoms with Crippen LogP contribution in [0.5, 0.6) is 0 Å². The van der Waals surface area contributed by atoms with Crippen LogP contribution in [-0.4, -0.2) is 30.9 Å². The maximum absolute atomic E-state index is 13.0.